The van der Waals surface area contributed by atoms with E-state index in [1.165, 1.54) is 36.2 Å². The molecule has 0 radical (unpaired) electrons. The summed E-state index contributed by atoms with van der Waals surface area (Å²) in [6.07, 6.45) is 7.84. The minimum Gasteiger partial charge on any atom is -0.355 e. The van der Waals surface area contributed by atoms with Crippen LogP contribution >= 0.6 is 11.8 Å². The first kappa shape index (κ1) is 17.1. The molecule has 2 rings (SSSR count). The van der Waals surface area contributed by atoms with Crippen LogP contribution in [-0.2, 0) is 14.8 Å². The predicted octanol–water partition coefficient (Wildman–Crippen LogP) is 1.45. The second-order valence-electron chi connectivity index (χ2n) is 6.00. The molecule has 1 N–H and O–H groups in total. The molecule has 2 aliphatic rings. The Morgan fingerprint density at radius 1 is 1.19 bits per heavy atom. The van der Waals surface area contributed by atoms with E-state index < -0.39 is 10.0 Å². The Bertz CT molecular complexity index is 439. The maximum absolute atomic E-state index is 12.1. The maximum atomic E-state index is 12.1. The van der Waals surface area contributed by atoms with Crippen molar-refractivity contribution in [3.8, 4) is 0 Å². The highest BCUT2D eigenvalue weighted by Gasteiger charge is 2.28. The van der Waals surface area contributed by atoms with Gasteiger partial charge in [0, 0.05) is 36.6 Å². The number of sulfonamides is 1. The molecule has 1 saturated heterocycles. The number of rotatable bonds is 6. The van der Waals surface area contributed by atoms with Crippen LogP contribution in [0.5, 0.6) is 0 Å². The van der Waals surface area contributed by atoms with Crippen LogP contribution in [0.15, 0.2) is 0 Å². The monoisotopic (exact) mass is 334 g/mol. The summed E-state index contributed by atoms with van der Waals surface area (Å²) in [6, 6.07) is 0. The van der Waals surface area contributed by atoms with Crippen LogP contribution in [0.4, 0.5) is 0 Å². The molecule has 21 heavy (non-hydrogen) atoms. The summed E-state index contributed by atoms with van der Waals surface area (Å²) < 4.78 is 24.3. The standard InChI is InChI=1S/C14H26N2O3S2/c1-21(18,19)16-9-6-12(7-10-16)14(17)15-8-11-20-13-4-2-3-5-13/h12-13H,2-11H2,1H3,(H,15,17). The number of amides is 1. The second-order valence-corrected chi connectivity index (χ2v) is 9.40. The molecule has 5 nitrogen and oxygen atoms in total. The predicted molar refractivity (Wildman–Crippen MR) is 86.9 cm³/mol. The Balaban J connectivity index is 1.61. The van der Waals surface area contributed by atoms with Gasteiger partial charge in [-0.3, -0.25) is 4.79 Å². The van der Waals surface area contributed by atoms with Gasteiger partial charge in [-0.2, -0.15) is 11.8 Å². The Hall–Kier alpha value is -0.270. The van der Waals surface area contributed by atoms with E-state index in [9.17, 15) is 13.2 Å². The zero-order chi connectivity index (χ0) is 15.3. The summed E-state index contributed by atoms with van der Waals surface area (Å²) in [5.74, 6) is 1.05. The largest absolute Gasteiger partial charge is 0.355 e. The lowest BCUT2D eigenvalue weighted by atomic mass is 9.97. The zero-order valence-corrected chi connectivity index (χ0v) is 14.3. The molecule has 0 atom stereocenters. The fourth-order valence-corrected chi connectivity index (χ4v) is 5.14. The van der Waals surface area contributed by atoms with Crippen LogP contribution in [0, 0.1) is 5.92 Å². The number of hydrogen-bond acceptors (Lipinski definition) is 4. The van der Waals surface area contributed by atoms with E-state index in [-0.39, 0.29) is 11.8 Å². The smallest absolute Gasteiger partial charge is 0.223 e. The fraction of sp³-hybridized carbons (Fsp3) is 0.929. The van der Waals surface area contributed by atoms with Gasteiger partial charge in [0.1, 0.15) is 0 Å². The maximum Gasteiger partial charge on any atom is 0.223 e. The molecule has 1 amide bonds. The van der Waals surface area contributed by atoms with Crippen molar-refractivity contribution in [2.45, 2.75) is 43.8 Å². The molecule has 2 fully saturated rings. The average molecular weight is 335 g/mol. The third kappa shape index (κ3) is 5.45. The normalized spacial score (nSPS) is 22.5. The van der Waals surface area contributed by atoms with E-state index in [0.29, 0.717) is 25.9 Å². The molecule has 1 saturated carbocycles. The van der Waals surface area contributed by atoms with Crippen LogP contribution in [0.25, 0.3) is 0 Å². The topological polar surface area (TPSA) is 66.5 Å². The quantitative estimate of drug-likeness (QED) is 0.747. The number of piperidine rings is 1. The summed E-state index contributed by atoms with van der Waals surface area (Å²) in [6.45, 7) is 1.66. The molecule has 0 spiro atoms. The van der Waals surface area contributed by atoms with E-state index in [0.717, 1.165) is 17.5 Å². The van der Waals surface area contributed by atoms with Gasteiger partial charge in [0.15, 0.2) is 0 Å². The van der Waals surface area contributed by atoms with Crippen molar-refractivity contribution in [2.24, 2.45) is 5.92 Å². The summed E-state index contributed by atoms with van der Waals surface area (Å²) in [5.41, 5.74) is 0. The van der Waals surface area contributed by atoms with Crippen molar-refractivity contribution in [3.05, 3.63) is 0 Å². The van der Waals surface area contributed by atoms with Gasteiger partial charge in [-0.05, 0) is 25.7 Å². The Labute approximate surface area is 132 Å². The van der Waals surface area contributed by atoms with Crippen molar-refractivity contribution in [1.29, 1.82) is 0 Å². The van der Waals surface area contributed by atoms with Crippen molar-refractivity contribution in [1.82, 2.24) is 9.62 Å². The number of carbonyl (C=O) groups is 1. The van der Waals surface area contributed by atoms with E-state index in [2.05, 4.69) is 5.32 Å². The highest BCUT2D eigenvalue weighted by atomic mass is 32.2. The lowest BCUT2D eigenvalue weighted by molar-refractivity contribution is -0.125. The Morgan fingerprint density at radius 2 is 1.81 bits per heavy atom. The molecular formula is C14H26N2O3S2. The van der Waals surface area contributed by atoms with Gasteiger partial charge < -0.3 is 5.32 Å². The summed E-state index contributed by atoms with van der Waals surface area (Å²) in [4.78, 5) is 12.1. The van der Waals surface area contributed by atoms with Crippen LogP contribution in [-0.4, -0.2) is 55.5 Å². The Kier molecular flexibility index (Phi) is 6.37. The first-order valence-electron chi connectivity index (χ1n) is 7.81. The molecular weight excluding hydrogens is 308 g/mol. The van der Waals surface area contributed by atoms with E-state index in [1.54, 1.807) is 0 Å². The number of carbonyl (C=O) groups excluding carboxylic acids is 1. The number of hydrogen-bond donors (Lipinski definition) is 1. The SMILES string of the molecule is CS(=O)(=O)N1CCC(C(=O)NCCSC2CCCC2)CC1. The second kappa shape index (κ2) is 7.83. The lowest BCUT2D eigenvalue weighted by Crippen LogP contribution is -2.43. The summed E-state index contributed by atoms with van der Waals surface area (Å²) in [7, 11) is -3.11. The third-order valence-electron chi connectivity index (χ3n) is 4.35. The molecule has 0 aromatic rings. The molecule has 7 heteroatoms. The van der Waals surface area contributed by atoms with Crippen molar-refractivity contribution < 1.29 is 13.2 Å². The molecule has 1 heterocycles. The number of nitrogens with zero attached hydrogens (tertiary/aromatic N) is 1. The van der Waals surface area contributed by atoms with Crippen LogP contribution in [0.3, 0.4) is 0 Å². The molecule has 1 aliphatic carbocycles. The fourth-order valence-electron chi connectivity index (χ4n) is 3.05. The van der Waals surface area contributed by atoms with Crippen LogP contribution in [0.2, 0.25) is 0 Å². The lowest BCUT2D eigenvalue weighted by Gasteiger charge is -2.29. The van der Waals surface area contributed by atoms with Gasteiger partial charge in [-0.25, -0.2) is 12.7 Å². The van der Waals surface area contributed by atoms with Gasteiger partial charge in [0.05, 0.1) is 6.26 Å². The van der Waals surface area contributed by atoms with Crippen molar-refractivity contribution in [3.63, 3.8) is 0 Å². The summed E-state index contributed by atoms with van der Waals surface area (Å²) >= 11 is 1.97. The zero-order valence-electron chi connectivity index (χ0n) is 12.7. The van der Waals surface area contributed by atoms with Crippen molar-refractivity contribution in [2.75, 3.05) is 31.6 Å². The molecule has 0 aromatic carbocycles. The number of nitrogens with one attached hydrogen (secondary N) is 1. The molecule has 1 aliphatic heterocycles. The van der Waals surface area contributed by atoms with Gasteiger partial charge in [-0.15, -0.1) is 0 Å². The van der Waals surface area contributed by atoms with Gasteiger partial charge in [-0.1, -0.05) is 12.8 Å². The molecule has 0 unspecified atom stereocenters. The molecule has 0 bridgehead atoms. The third-order valence-corrected chi connectivity index (χ3v) is 7.04. The van der Waals surface area contributed by atoms with Gasteiger partial charge >= 0.3 is 0 Å². The highest BCUT2D eigenvalue weighted by molar-refractivity contribution is 7.99. The van der Waals surface area contributed by atoms with Crippen molar-refractivity contribution >= 4 is 27.7 Å². The number of thioether (sulfide) groups is 1. The molecule has 0 aromatic heterocycles. The van der Waals surface area contributed by atoms with Gasteiger partial charge in [0.25, 0.3) is 0 Å². The average Bonchev–Trinajstić information content (AvgIpc) is 2.96. The first-order chi connectivity index (χ1) is 9.97. The minimum absolute atomic E-state index is 0.0283. The van der Waals surface area contributed by atoms with E-state index in [1.807, 2.05) is 11.8 Å². The van der Waals surface area contributed by atoms with E-state index in [4.69, 9.17) is 0 Å². The summed E-state index contributed by atoms with van der Waals surface area (Å²) in [5, 5.41) is 3.79. The molecule has 122 valence electrons. The Morgan fingerprint density at radius 3 is 2.38 bits per heavy atom. The minimum atomic E-state index is -3.11. The van der Waals surface area contributed by atoms with Gasteiger partial charge in [0.2, 0.25) is 15.9 Å². The van der Waals surface area contributed by atoms with Crippen LogP contribution < -0.4 is 5.32 Å². The first-order valence-corrected chi connectivity index (χ1v) is 10.7. The highest BCUT2D eigenvalue weighted by Crippen LogP contribution is 2.28. The van der Waals surface area contributed by atoms with Crippen LogP contribution in [0.1, 0.15) is 38.5 Å². The van der Waals surface area contributed by atoms with E-state index >= 15 is 0 Å².